The number of anilines is 4. The first kappa shape index (κ1) is 28.4. The van der Waals surface area contributed by atoms with Crippen molar-refractivity contribution in [3.8, 4) is 23.0 Å². The predicted octanol–water partition coefficient (Wildman–Crippen LogP) is 11.1. The van der Waals surface area contributed by atoms with Crippen LogP contribution >= 0.6 is 0 Å². The summed E-state index contributed by atoms with van der Waals surface area (Å²) < 4.78 is 18.1. The molecule has 7 aliphatic rings. The minimum atomic E-state index is 0.0801. The van der Waals surface area contributed by atoms with Crippen LogP contribution in [0.15, 0.2) is 170 Å². The average molecular weight is 695 g/mol. The molecule has 6 aromatic rings. The van der Waals surface area contributed by atoms with E-state index in [1.54, 1.807) is 0 Å². The molecule has 2 unspecified atom stereocenters. The van der Waals surface area contributed by atoms with E-state index >= 15 is 0 Å². The zero-order valence-corrected chi connectivity index (χ0v) is 28.9. The molecule has 0 aromatic heterocycles. The van der Waals surface area contributed by atoms with Crippen molar-refractivity contribution in [3.05, 3.63) is 181 Å². The Balaban J connectivity index is 0.926. The fourth-order valence-corrected chi connectivity index (χ4v) is 9.67. The van der Waals surface area contributed by atoms with Crippen molar-refractivity contribution in [2.24, 2.45) is 0 Å². The van der Waals surface area contributed by atoms with Crippen molar-refractivity contribution >= 4 is 68.1 Å². The van der Waals surface area contributed by atoms with Gasteiger partial charge >= 0.3 is 0 Å². The minimum absolute atomic E-state index is 0.0801. The SMILES string of the molecule is C1=CC2=[N+](c3ccc4c(c3)Oc3cc([N+]5=C6C=CC=C7c8ccccc8N(c8ccccc85)C76)ccc3O4)c3ccccc3N3c4ccccc4C(=C1)C23. The monoisotopic (exact) mass is 694 g/mol. The summed E-state index contributed by atoms with van der Waals surface area (Å²) in [7, 11) is 0. The Morgan fingerprint density at radius 3 is 1.35 bits per heavy atom. The first-order valence-electron chi connectivity index (χ1n) is 18.5. The average Bonchev–Trinajstić information content (AvgIpc) is 3.75. The van der Waals surface area contributed by atoms with Crippen LogP contribution in [0.1, 0.15) is 11.1 Å². The second-order valence-electron chi connectivity index (χ2n) is 14.5. The highest BCUT2D eigenvalue weighted by molar-refractivity contribution is 6.22. The molecule has 2 aliphatic carbocycles. The second-order valence-corrected chi connectivity index (χ2v) is 14.5. The van der Waals surface area contributed by atoms with Gasteiger partial charge in [-0.3, -0.25) is 0 Å². The molecule has 5 heterocycles. The third-order valence-corrected chi connectivity index (χ3v) is 11.8. The Hall–Kier alpha value is -7.18. The van der Waals surface area contributed by atoms with E-state index in [1.807, 2.05) is 12.1 Å². The van der Waals surface area contributed by atoms with Gasteiger partial charge in [-0.2, -0.15) is 9.15 Å². The normalized spacial score (nSPS) is 19.6. The Labute approximate surface area is 311 Å². The van der Waals surface area contributed by atoms with Crippen molar-refractivity contribution in [2.45, 2.75) is 12.1 Å². The van der Waals surface area contributed by atoms with E-state index in [0.717, 1.165) is 22.7 Å². The third kappa shape index (κ3) is 3.59. The van der Waals surface area contributed by atoms with Gasteiger partial charge in [-0.25, -0.2) is 0 Å². The highest BCUT2D eigenvalue weighted by Gasteiger charge is 2.50. The van der Waals surface area contributed by atoms with Crippen LogP contribution < -0.4 is 28.4 Å². The molecule has 0 fully saturated rings. The van der Waals surface area contributed by atoms with Gasteiger partial charge in [-0.15, -0.1) is 0 Å². The van der Waals surface area contributed by atoms with Crippen molar-refractivity contribution in [2.75, 3.05) is 9.80 Å². The highest BCUT2D eigenvalue weighted by Crippen LogP contribution is 2.55. The predicted molar refractivity (Wildman–Crippen MR) is 218 cm³/mol. The maximum atomic E-state index is 6.82. The van der Waals surface area contributed by atoms with Crippen molar-refractivity contribution in [1.82, 2.24) is 9.15 Å². The standard InChI is InChI=1S/C48H30N4O2/c1-3-15-35-31(11-1)33-13-9-21-41-47(33)51(35)39-19-7-5-17-37(39)49(41)29-23-25-43-45(27-29)54-46-28-30(24-26-44(46)53-43)50-38-18-6-8-20-40(38)52-36-16-4-2-12-32(36)34-14-10-22-42(50)48(34)52/h1-28,47-48H/q+2. The number of para-hydroxylation sites is 6. The van der Waals surface area contributed by atoms with Crippen LogP contribution in [0.2, 0.25) is 0 Å². The van der Waals surface area contributed by atoms with Gasteiger partial charge in [0.25, 0.3) is 0 Å². The summed E-state index contributed by atoms with van der Waals surface area (Å²) in [4.78, 5) is 4.98. The van der Waals surface area contributed by atoms with Crippen molar-refractivity contribution < 1.29 is 9.47 Å². The van der Waals surface area contributed by atoms with Gasteiger partial charge in [-0.05, 0) is 47.5 Å². The Morgan fingerprint density at radius 2 is 0.852 bits per heavy atom. The number of hydrogen-bond donors (Lipinski definition) is 0. The largest absolute Gasteiger partial charge is 0.449 e. The fraction of sp³-hybridized carbons (Fsp3) is 0.0417. The highest BCUT2D eigenvalue weighted by atomic mass is 16.6. The second kappa shape index (κ2) is 10.2. The van der Waals surface area contributed by atoms with Crippen molar-refractivity contribution in [1.29, 1.82) is 0 Å². The molecular weight excluding hydrogens is 665 g/mol. The number of ether oxygens (including phenoxy) is 2. The Morgan fingerprint density at radius 1 is 0.426 bits per heavy atom. The van der Waals surface area contributed by atoms with Gasteiger partial charge in [0.15, 0.2) is 23.0 Å². The molecule has 0 saturated carbocycles. The van der Waals surface area contributed by atoms with E-state index in [-0.39, 0.29) is 12.1 Å². The summed E-state index contributed by atoms with van der Waals surface area (Å²) in [5.74, 6) is 2.78. The van der Waals surface area contributed by atoms with Gasteiger partial charge in [-0.1, -0.05) is 85.0 Å². The lowest BCUT2D eigenvalue weighted by Crippen LogP contribution is -2.43. The van der Waals surface area contributed by atoms with Crippen LogP contribution in [0.5, 0.6) is 23.0 Å². The zero-order valence-electron chi connectivity index (χ0n) is 28.9. The molecule has 54 heavy (non-hydrogen) atoms. The number of fused-ring (bicyclic) bond motifs is 12. The molecule has 2 atom stereocenters. The minimum Gasteiger partial charge on any atom is -0.449 e. The number of hydrogen-bond acceptors (Lipinski definition) is 4. The topological polar surface area (TPSA) is 31.0 Å². The van der Waals surface area contributed by atoms with Crippen molar-refractivity contribution in [3.63, 3.8) is 0 Å². The Kier molecular flexibility index (Phi) is 5.39. The van der Waals surface area contributed by atoms with Crippen LogP contribution in [-0.4, -0.2) is 23.5 Å². The summed E-state index contributed by atoms with van der Waals surface area (Å²) in [6, 6.07) is 47.6. The smallest absolute Gasteiger partial charge is 0.235 e. The van der Waals surface area contributed by atoms with E-state index in [2.05, 4.69) is 177 Å². The molecule has 5 aliphatic heterocycles. The van der Waals surface area contributed by atoms with Crippen LogP contribution in [0.25, 0.3) is 11.1 Å². The number of nitrogens with zero attached hydrogens (tertiary/aromatic N) is 4. The fourth-order valence-electron chi connectivity index (χ4n) is 9.67. The summed E-state index contributed by atoms with van der Waals surface area (Å²) in [5.41, 5.74) is 16.8. The summed E-state index contributed by atoms with van der Waals surface area (Å²) in [6.45, 7) is 0. The molecule has 0 bridgehead atoms. The quantitative estimate of drug-likeness (QED) is 0.169. The molecule has 252 valence electrons. The number of allylic oxidation sites excluding steroid dienone is 4. The van der Waals surface area contributed by atoms with E-state index in [9.17, 15) is 0 Å². The third-order valence-electron chi connectivity index (χ3n) is 11.8. The van der Waals surface area contributed by atoms with Gasteiger partial charge in [0.2, 0.25) is 34.2 Å². The van der Waals surface area contributed by atoms with Gasteiger partial charge in [0.1, 0.15) is 23.5 Å². The lowest BCUT2D eigenvalue weighted by Gasteiger charge is -2.33. The lowest BCUT2D eigenvalue weighted by atomic mass is 9.92. The van der Waals surface area contributed by atoms with E-state index < -0.39 is 0 Å². The maximum absolute atomic E-state index is 6.82. The van der Waals surface area contributed by atoms with E-state index in [4.69, 9.17) is 9.47 Å². The van der Waals surface area contributed by atoms with E-state index in [1.165, 1.54) is 56.4 Å². The zero-order chi connectivity index (χ0) is 35.1. The Bertz CT molecular complexity index is 2730. The molecule has 0 spiro atoms. The number of benzene rings is 6. The molecule has 0 saturated heterocycles. The first-order chi connectivity index (χ1) is 26.8. The molecule has 6 heteroatoms. The molecule has 13 rings (SSSR count). The molecule has 0 N–H and O–H groups in total. The van der Waals surface area contributed by atoms with Gasteiger partial charge < -0.3 is 19.3 Å². The van der Waals surface area contributed by atoms with Crippen LogP contribution in [0.3, 0.4) is 0 Å². The summed E-state index contributed by atoms with van der Waals surface area (Å²) in [6.07, 6.45) is 13.4. The molecular formula is C48H30N4O2+2. The molecule has 6 aromatic carbocycles. The van der Waals surface area contributed by atoms with Crippen LogP contribution in [0.4, 0.5) is 45.5 Å². The molecule has 0 amide bonds. The van der Waals surface area contributed by atoms with Crippen LogP contribution in [0, 0.1) is 0 Å². The number of rotatable bonds is 2. The molecule has 0 radical (unpaired) electrons. The maximum Gasteiger partial charge on any atom is 0.235 e. The lowest BCUT2D eigenvalue weighted by molar-refractivity contribution is 0.359. The summed E-state index contributed by atoms with van der Waals surface area (Å²) >= 11 is 0. The summed E-state index contributed by atoms with van der Waals surface area (Å²) in [5, 5.41) is 0. The molecule has 6 nitrogen and oxygen atoms in total. The first-order valence-corrected chi connectivity index (χ1v) is 18.5. The van der Waals surface area contributed by atoms with Gasteiger partial charge in [0, 0.05) is 47.5 Å². The van der Waals surface area contributed by atoms with Crippen LogP contribution in [-0.2, 0) is 0 Å². The van der Waals surface area contributed by atoms with Gasteiger partial charge in [0.05, 0.1) is 23.5 Å². The van der Waals surface area contributed by atoms with E-state index in [0.29, 0.717) is 23.0 Å².